The number of hydrogen-bond donors (Lipinski definition) is 0. The number of halogens is 2. The minimum absolute atomic E-state index is 0. The molecule has 0 saturated carbocycles. The summed E-state index contributed by atoms with van der Waals surface area (Å²) in [6, 6.07) is 15.1. The normalized spacial score (nSPS) is 14.1. The van der Waals surface area contributed by atoms with Crippen molar-refractivity contribution in [3.63, 3.8) is 0 Å². The molecule has 0 atom stereocenters. The molecule has 2 aromatic rings. The third-order valence-electron chi connectivity index (χ3n) is 3.71. The first-order valence-corrected chi connectivity index (χ1v) is 6.99. The molecule has 0 fully saturated rings. The van der Waals surface area contributed by atoms with Gasteiger partial charge >= 0.3 is 0 Å². The van der Waals surface area contributed by atoms with Gasteiger partial charge in [0.15, 0.2) is 11.6 Å². The largest absolute Gasteiger partial charge is 1.00 e. The van der Waals surface area contributed by atoms with Gasteiger partial charge in [-0.1, -0.05) is 36.4 Å². The van der Waals surface area contributed by atoms with Crippen LogP contribution in [0, 0.1) is 5.82 Å². The van der Waals surface area contributed by atoms with E-state index in [0.29, 0.717) is 12.4 Å². The van der Waals surface area contributed by atoms with Gasteiger partial charge in [-0.2, -0.15) is 0 Å². The molecule has 0 N–H and O–H groups in total. The van der Waals surface area contributed by atoms with E-state index in [1.165, 1.54) is 17.2 Å². The summed E-state index contributed by atoms with van der Waals surface area (Å²) in [7, 11) is 0. The Balaban J connectivity index is 0.00000161. The van der Waals surface area contributed by atoms with Crippen molar-refractivity contribution >= 4 is 0 Å². The zero-order valence-electron chi connectivity index (χ0n) is 11.8. The fraction of sp³-hybridized carbons (Fsp3) is 0.294. The van der Waals surface area contributed by atoms with E-state index in [9.17, 15) is 4.39 Å². The molecule has 21 heavy (non-hydrogen) atoms. The van der Waals surface area contributed by atoms with Gasteiger partial charge in [0, 0.05) is 19.6 Å². The van der Waals surface area contributed by atoms with Crippen molar-refractivity contribution in [1.82, 2.24) is 4.90 Å². The Labute approximate surface area is 130 Å². The van der Waals surface area contributed by atoms with Crippen molar-refractivity contribution < 1.29 is 21.5 Å². The summed E-state index contributed by atoms with van der Waals surface area (Å²) in [6.07, 6.45) is 1.08. The van der Waals surface area contributed by atoms with E-state index in [0.717, 1.165) is 26.1 Å². The number of nitrogens with zero attached hydrogens (tertiary/aromatic N) is 1. The summed E-state index contributed by atoms with van der Waals surface area (Å²) in [5.74, 6) is 0.0430. The van der Waals surface area contributed by atoms with Gasteiger partial charge in [0.05, 0.1) is 0 Å². The maximum atomic E-state index is 13.4. The Hall–Kier alpha value is -1.58. The molecule has 3 rings (SSSR count). The van der Waals surface area contributed by atoms with Crippen LogP contribution in [0.3, 0.4) is 0 Å². The van der Waals surface area contributed by atoms with Crippen molar-refractivity contribution in [2.45, 2.75) is 13.0 Å². The van der Waals surface area contributed by atoms with Gasteiger partial charge in [0.2, 0.25) is 0 Å². The second-order valence-corrected chi connectivity index (χ2v) is 5.07. The topological polar surface area (TPSA) is 12.5 Å². The number of fused-ring (bicyclic) bond motifs is 1. The molecule has 0 spiro atoms. The molecule has 0 amide bonds. The summed E-state index contributed by atoms with van der Waals surface area (Å²) in [5, 5.41) is 0. The average Bonchev–Trinajstić information content (AvgIpc) is 2.49. The second kappa shape index (κ2) is 7.43. The van der Waals surface area contributed by atoms with Crippen LogP contribution in [0.1, 0.15) is 11.1 Å². The lowest BCUT2D eigenvalue weighted by Gasteiger charge is -2.28. The predicted molar refractivity (Wildman–Crippen MR) is 77.3 cm³/mol. The van der Waals surface area contributed by atoms with Crippen LogP contribution in [-0.2, 0) is 13.0 Å². The van der Waals surface area contributed by atoms with E-state index in [4.69, 9.17) is 4.74 Å². The van der Waals surface area contributed by atoms with Gasteiger partial charge in [-0.05, 0) is 29.7 Å². The van der Waals surface area contributed by atoms with Crippen LogP contribution in [0.2, 0.25) is 0 Å². The van der Waals surface area contributed by atoms with Gasteiger partial charge in [0.1, 0.15) is 6.61 Å². The number of rotatable bonds is 4. The van der Waals surface area contributed by atoms with E-state index in [1.54, 1.807) is 18.2 Å². The number of benzene rings is 2. The standard InChI is InChI=1S/C17H18FNO.ClH/c18-16-7-3-4-8-17(16)20-12-11-19-10-9-14-5-1-2-6-15(14)13-19;/h1-8H,9-13H2;1H/p-1. The van der Waals surface area contributed by atoms with Crippen molar-refractivity contribution in [2.24, 2.45) is 0 Å². The molecule has 0 radical (unpaired) electrons. The minimum atomic E-state index is -0.295. The lowest BCUT2D eigenvalue weighted by molar-refractivity contribution is -0.00000498. The van der Waals surface area contributed by atoms with E-state index in [2.05, 4.69) is 29.2 Å². The van der Waals surface area contributed by atoms with E-state index in [1.807, 2.05) is 0 Å². The summed E-state index contributed by atoms with van der Waals surface area (Å²) in [4.78, 5) is 2.35. The van der Waals surface area contributed by atoms with Gasteiger partial charge in [-0.25, -0.2) is 4.39 Å². The lowest BCUT2D eigenvalue weighted by atomic mass is 10.0. The number of hydrogen-bond acceptors (Lipinski definition) is 2. The molecule has 4 heteroatoms. The van der Waals surface area contributed by atoms with Crippen LogP contribution >= 0.6 is 0 Å². The number of ether oxygens (including phenoxy) is 1. The molecule has 0 aromatic heterocycles. The lowest BCUT2D eigenvalue weighted by Crippen LogP contribution is -3.00. The zero-order chi connectivity index (χ0) is 13.8. The van der Waals surface area contributed by atoms with E-state index < -0.39 is 0 Å². The Bertz CT molecular complexity index is 591. The van der Waals surface area contributed by atoms with Crippen molar-refractivity contribution in [1.29, 1.82) is 0 Å². The number of para-hydroxylation sites is 1. The Kier molecular flexibility index (Phi) is 5.59. The summed E-state index contributed by atoms with van der Waals surface area (Å²) in [5.41, 5.74) is 2.84. The summed E-state index contributed by atoms with van der Waals surface area (Å²) in [6.45, 7) is 3.33. The highest BCUT2D eigenvalue weighted by molar-refractivity contribution is 5.29. The molecule has 2 aromatic carbocycles. The maximum Gasteiger partial charge on any atom is 0.165 e. The highest BCUT2D eigenvalue weighted by Gasteiger charge is 2.15. The van der Waals surface area contributed by atoms with Gasteiger partial charge < -0.3 is 17.1 Å². The fourth-order valence-electron chi connectivity index (χ4n) is 2.59. The highest BCUT2D eigenvalue weighted by atomic mass is 35.5. The molecule has 112 valence electrons. The molecule has 2 nitrogen and oxygen atoms in total. The van der Waals surface area contributed by atoms with E-state index >= 15 is 0 Å². The third kappa shape index (κ3) is 3.96. The molecule has 0 bridgehead atoms. The smallest absolute Gasteiger partial charge is 0.165 e. The quantitative estimate of drug-likeness (QED) is 0.804. The molecular formula is C17H18ClFNO-. The van der Waals surface area contributed by atoms with Crippen LogP contribution in [0.15, 0.2) is 48.5 Å². The molecular weight excluding hydrogens is 289 g/mol. The first-order valence-electron chi connectivity index (χ1n) is 6.99. The predicted octanol–water partition coefficient (Wildman–Crippen LogP) is 0.267. The maximum absolute atomic E-state index is 13.4. The van der Waals surface area contributed by atoms with Crippen molar-refractivity contribution in [2.75, 3.05) is 19.7 Å². The van der Waals surface area contributed by atoms with Crippen LogP contribution in [0.25, 0.3) is 0 Å². The molecule has 0 saturated heterocycles. The van der Waals surface area contributed by atoms with Crippen molar-refractivity contribution in [3.8, 4) is 5.75 Å². The summed E-state index contributed by atoms with van der Waals surface area (Å²) < 4.78 is 18.9. The monoisotopic (exact) mass is 306 g/mol. The average molecular weight is 307 g/mol. The molecule has 0 aliphatic carbocycles. The van der Waals surface area contributed by atoms with Crippen LogP contribution in [0.4, 0.5) is 4.39 Å². The van der Waals surface area contributed by atoms with Gasteiger partial charge in [0.25, 0.3) is 0 Å². The van der Waals surface area contributed by atoms with E-state index in [-0.39, 0.29) is 18.2 Å². The Morgan fingerprint density at radius 2 is 1.71 bits per heavy atom. The first-order chi connectivity index (χ1) is 9.83. The van der Waals surface area contributed by atoms with Crippen molar-refractivity contribution in [3.05, 3.63) is 65.5 Å². The SMILES string of the molecule is Fc1ccccc1OCCN1CCc2ccccc2C1.[Cl-]. The molecule has 0 unspecified atom stereocenters. The third-order valence-corrected chi connectivity index (χ3v) is 3.71. The Morgan fingerprint density at radius 3 is 2.52 bits per heavy atom. The zero-order valence-corrected chi connectivity index (χ0v) is 12.5. The second-order valence-electron chi connectivity index (χ2n) is 5.07. The molecule has 1 heterocycles. The van der Waals surface area contributed by atoms with Crippen LogP contribution < -0.4 is 17.1 Å². The van der Waals surface area contributed by atoms with Crippen LogP contribution in [-0.4, -0.2) is 24.6 Å². The van der Waals surface area contributed by atoms with Crippen LogP contribution in [0.5, 0.6) is 5.75 Å². The molecule has 1 aliphatic heterocycles. The Morgan fingerprint density at radius 1 is 1.00 bits per heavy atom. The molecule has 1 aliphatic rings. The van der Waals surface area contributed by atoms with Gasteiger partial charge in [-0.15, -0.1) is 0 Å². The minimum Gasteiger partial charge on any atom is -1.00 e. The van der Waals surface area contributed by atoms with Gasteiger partial charge in [-0.3, -0.25) is 4.90 Å². The summed E-state index contributed by atoms with van der Waals surface area (Å²) >= 11 is 0. The highest BCUT2D eigenvalue weighted by Crippen LogP contribution is 2.19. The first kappa shape index (κ1) is 15.8. The fourth-order valence-corrected chi connectivity index (χ4v) is 2.59.